The van der Waals surface area contributed by atoms with Crippen molar-refractivity contribution in [2.45, 2.75) is 60.1 Å². The van der Waals surface area contributed by atoms with E-state index in [1.165, 1.54) is 0 Å². The fourth-order valence-corrected chi connectivity index (χ4v) is 3.99. The average molecular weight is 344 g/mol. The van der Waals surface area contributed by atoms with Gasteiger partial charge in [0.1, 0.15) is 4.05 Å². The summed E-state index contributed by atoms with van der Waals surface area (Å²) in [5.74, 6) is 0.625. The largest absolute Gasteiger partial charge is 0.848 e. The number of quaternary nitrogens is 1. The summed E-state index contributed by atoms with van der Waals surface area (Å²) in [6.45, 7) is 0. The lowest BCUT2D eigenvalue weighted by Gasteiger charge is -2.42. The second-order valence-electron chi connectivity index (χ2n) is 4.91. The Bertz CT molecular complexity index is 209. The molecule has 0 radical (unpaired) electrons. The zero-order valence-corrected chi connectivity index (χ0v) is 11.8. The van der Waals surface area contributed by atoms with Gasteiger partial charge in [-0.25, -0.2) is 0 Å². The first kappa shape index (κ1) is 12.4. The summed E-state index contributed by atoms with van der Waals surface area (Å²) in [5, 5.41) is 14.6. The van der Waals surface area contributed by atoms with Crippen LogP contribution in [0.3, 0.4) is 0 Å². The van der Waals surface area contributed by atoms with Crippen LogP contribution in [0.4, 0.5) is 0 Å². The maximum atomic E-state index is 11.9. The minimum Gasteiger partial charge on any atom is -0.848 e. The summed E-state index contributed by atoms with van der Waals surface area (Å²) < 4.78 is 0.617. The first-order valence-corrected chi connectivity index (χ1v) is 7.64. The number of nitrogens with two attached hydrogens (primary N) is 1. The Labute approximate surface area is 110 Å². The molecule has 2 aliphatic rings. The van der Waals surface area contributed by atoms with Crippen molar-refractivity contribution in [3.63, 3.8) is 0 Å². The Morgan fingerprint density at radius 2 is 1.73 bits per heavy atom. The summed E-state index contributed by atoms with van der Waals surface area (Å²) in [4.78, 5) is 0. The SMILES string of the molecule is [O-]C1CCC(I)[NH2+]C1C1CCC(Cl)CC1. The number of hydrogen-bond acceptors (Lipinski definition) is 1. The summed E-state index contributed by atoms with van der Waals surface area (Å²) in [6, 6.07) is 0.324. The molecule has 1 saturated heterocycles. The average Bonchev–Trinajstić information content (AvgIpc) is 2.23. The van der Waals surface area contributed by atoms with Gasteiger partial charge < -0.3 is 10.4 Å². The van der Waals surface area contributed by atoms with Gasteiger partial charge in [0.15, 0.2) is 0 Å². The molecule has 88 valence electrons. The minimum atomic E-state index is -0.340. The maximum Gasteiger partial charge on any atom is 0.136 e. The molecule has 0 amide bonds. The quantitative estimate of drug-likeness (QED) is 0.431. The first-order valence-electron chi connectivity index (χ1n) is 5.95. The molecule has 1 heterocycles. The van der Waals surface area contributed by atoms with E-state index in [0.717, 1.165) is 38.5 Å². The van der Waals surface area contributed by atoms with E-state index in [4.69, 9.17) is 11.6 Å². The molecule has 0 spiro atoms. The number of alkyl halides is 2. The molecule has 3 unspecified atom stereocenters. The van der Waals surface area contributed by atoms with Crippen molar-refractivity contribution >= 4 is 34.2 Å². The molecular formula is C11H19ClINO. The van der Waals surface area contributed by atoms with Crippen LogP contribution in [0, 0.1) is 5.92 Å². The van der Waals surface area contributed by atoms with Crippen LogP contribution in [0.1, 0.15) is 38.5 Å². The minimum absolute atomic E-state index is 0.324. The second-order valence-corrected chi connectivity index (χ2v) is 7.13. The Kier molecular flexibility index (Phi) is 4.56. The highest BCUT2D eigenvalue weighted by Crippen LogP contribution is 2.31. The lowest BCUT2D eigenvalue weighted by Crippen LogP contribution is -2.99. The molecule has 0 aromatic carbocycles. The number of hydrogen-bond donors (Lipinski definition) is 1. The van der Waals surface area contributed by atoms with Gasteiger partial charge in [0.25, 0.3) is 0 Å². The first-order chi connectivity index (χ1) is 7.16. The zero-order valence-electron chi connectivity index (χ0n) is 8.87. The highest BCUT2D eigenvalue weighted by atomic mass is 127. The van der Waals surface area contributed by atoms with E-state index in [2.05, 4.69) is 27.9 Å². The fourth-order valence-electron chi connectivity index (χ4n) is 2.90. The molecule has 2 nitrogen and oxygen atoms in total. The van der Waals surface area contributed by atoms with E-state index in [1.54, 1.807) is 0 Å². The Morgan fingerprint density at radius 3 is 2.40 bits per heavy atom. The molecule has 2 rings (SSSR count). The maximum absolute atomic E-state index is 11.9. The van der Waals surface area contributed by atoms with Crippen molar-refractivity contribution in [3.05, 3.63) is 0 Å². The van der Waals surface area contributed by atoms with Gasteiger partial charge in [-0.15, -0.1) is 11.6 Å². The zero-order chi connectivity index (χ0) is 10.8. The van der Waals surface area contributed by atoms with Crippen LogP contribution >= 0.6 is 34.2 Å². The molecule has 2 N–H and O–H groups in total. The van der Waals surface area contributed by atoms with Crippen molar-refractivity contribution in [2.24, 2.45) is 5.92 Å². The molecule has 15 heavy (non-hydrogen) atoms. The van der Waals surface area contributed by atoms with E-state index < -0.39 is 0 Å². The predicted molar refractivity (Wildman–Crippen MR) is 68.1 cm³/mol. The monoisotopic (exact) mass is 343 g/mol. The fraction of sp³-hybridized carbons (Fsp3) is 1.00. The lowest BCUT2D eigenvalue weighted by molar-refractivity contribution is -0.741. The van der Waals surface area contributed by atoms with Crippen LogP contribution in [0.5, 0.6) is 0 Å². The third kappa shape index (κ3) is 3.20. The molecule has 0 bridgehead atoms. The Morgan fingerprint density at radius 1 is 1.07 bits per heavy atom. The molecule has 1 saturated carbocycles. The standard InChI is InChI=1S/C11H18ClINO/c12-8-3-1-7(2-4-8)11-9(15)5-6-10(13)14-11/h7-11,14H,1-6H2/q-1/p+1. The van der Waals surface area contributed by atoms with Crippen molar-refractivity contribution in [3.8, 4) is 0 Å². The molecular weight excluding hydrogens is 324 g/mol. The molecule has 3 atom stereocenters. The van der Waals surface area contributed by atoms with Crippen LogP contribution < -0.4 is 10.4 Å². The number of rotatable bonds is 1. The second kappa shape index (κ2) is 5.52. The number of halogens is 2. The van der Waals surface area contributed by atoms with Gasteiger partial charge in [-0.3, -0.25) is 0 Å². The molecule has 1 aliphatic carbocycles. The Hall–Kier alpha value is 0.940. The van der Waals surface area contributed by atoms with Crippen molar-refractivity contribution in [1.29, 1.82) is 0 Å². The molecule has 0 aromatic heterocycles. The smallest absolute Gasteiger partial charge is 0.136 e. The molecule has 4 heteroatoms. The van der Waals surface area contributed by atoms with Gasteiger partial charge in [0, 0.05) is 17.7 Å². The van der Waals surface area contributed by atoms with Gasteiger partial charge >= 0.3 is 0 Å². The predicted octanol–water partition coefficient (Wildman–Crippen LogP) is 1.000. The topological polar surface area (TPSA) is 39.7 Å². The third-order valence-corrected chi connectivity index (χ3v) is 5.31. The van der Waals surface area contributed by atoms with Gasteiger partial charge in [-0.2, -0.15) is 0 Å². The summed E-state index contributed by atoms with van der Waals surface area (Å²) in [5.41, 5.74) is 0. The van der Waals surface area contributed by atoms with Gasteiger partial charge in [-0.05, 0) is 48.3 Å². The van der Waals surface area contributed by atoms with Crippen LogP contribution in [-0.4, -0.2) is 21.6 Å². The highest BCUT2D eigenvalue weighted by Gasteiger charge is 2.34. The van der Waals surface area contributed by atoms with Crippen LogP contribution in [-0.2, 0) is 0 Å². The van der Waals surface area contributed by atoms with Gasteiger partial charge in [0.2, 0.25) is 0 Å². The van der Waals surface area contributed by atoms with E-state index in [1.807, 2.05) is 0 Å². The molecule has 1 aliphatic heterocycles. The van der Waals surface area contributed by atoms with E-state index >= 15 is 0 Å². The van der Waals surface area contributed by atoms with Crippen LogP contribution in [0.2, 0.25) is 0 Å². The van der Waals surface area contributed by atoms with Crippen molar-refractivity contribution in [1.82, 2.24) is 0 Å². The summed E-state index contributed by atoms with van der Waals surface area (Å²) in [6.07, 6.45) is 6.15. The molecule has 2 fully saturated rings. The Balaban J connectivity index is 1.90. The summed E-state index contributed by atoms with van der Waals surface area (Å²) >= 11 is 8.56. The lowest BCUT2D eigenvalue weighted by atomic mass is 9.79. The highest BCUT2D eigenvalue weighted by molar-refractivity contribution is 14.1. The summed E-state index contributed by atoms with van der Waals surface area (Å²) in [7, 11) is 0. The number of piperidine rings is 1. The van der Waals surface area contributed by atoms with Crippen molar-refractivity contribution in [2.75, 3.05) is 0 Å². The normalized spacial score (nSPS) is 47.8. The van der Waals surface area contributed by atoms with Gasteiger partial charge in [-0.1, -0.05) is 12.5 Å². The van der Waals surface area contributed by atoms with E-state index in [0.29, 0.717) is 21.4 Å². The van der Waals surface area contributed by atoms with Crippen LogP contribution in [0.15, 0.2) is 0 Å². The van der Waals surface area contributed by atoms with Crippen LogP contribution in [0.25, 0.3) is 0 Å². The van der Waals surface area contributed by atoms with E-state index in [-0.39, 0.29) is 6.10 Å². The van der Waals surface area contributed by atoms with Crippen molar-refractivity contribution < 1.29 is 10.4 Å². The van der Waals surface area contributed by atoms with E-state index in [9.17, 15) is 5.11 Å². The molecule has 0 aromatic rings. The van der Waals surface area contributed by atoms with Gasteiger partial charge in [0.05, 0.1) is 6.04 Å². The third-order valence-electron chi connectivity index (χ3n) is 3.83.